The summed E-state index contributed by atoms with van der Waals surface area (Å²) in [5.74, 6) is 2.33. The fourth-order valence-electron chi connectivity index (χ4n) is 5.37. The molecule has 0 spiro atoms. The van der Waals surface area contributed by atoms with Crippen molar-refractivity contribution in [3.63, 3.8) is 0 Å². The van der Waals surface area contributed by atoms with Crippen LogP contribution in [0.25, 0.3) is 11.0 Å². The molecule has 2 saturated heterocycles. The lowest BCUT2D eigenvalue weighted by Gasteiger charge is -2.38. The van der Waals surface area contributed by atoms with Gasteiger partial charge in [-0.15, -0.1) is 0 Å². The minimum Gasteiger partial charge on any atom is -0.497 e. The first kappa shape index (κ1) is 24.3. The smallest absolute Gasteiger partial charge is 0.225 e. The summed E-state index contributed by atoms with van der Waals surface area (Å²) in [7, 11) is 1.68. The number of piperidine rings is 1. The van der Waals surface area contributed by atoms with Gasteiger partial charge < -0.3 is 19.1 Å². The van der Waals surface area contributed by atoms with Crippen LogP contribution in [0.4, 0.5) is 0 Å². The number of para-hydroxylation sites is 2. The Morgan fingerprint density at radius 1 is 0.889 bits per heavy atom. The van der Waals surface area contributed by atoms with Gasteiger partial charge in [0, 0.05) is 45.6 Å². The highest BCUT2D eigenvalue weighted by Crippen LogP contribution is 2.24. The zero-order valence-corrected chi connectivity index (χ0v) is 21.2. The molecule has 0 bridgehead atoms. The molecule has 3 heterocycles. The van der Waals surface area contributed by atoms with Crippen LogP contribution in [0.5, 0.6) is 5.75 Å². The van der Waals surface area contributed by atoms with E-state index in [1.54, 1.807) is 14.0 Å². The van der Waals surface area contributed by atoms with Crippen LogP contribution in [-0.4, -0.2) is 82.4 Å². The molecule has 0 atom stereocenters. The number of piperazine rings is 1. The highest BCUT2D eigenvalue weighted by molar-refractivity contribution is 5.80. The number of carbonyl (C=O) groups excluding carboxylic acids is 2. The van der Waals surface area contributed by atoms with Crippen molar-refractivity contribution in [2.75, 3.05) is 46.4 Å². The summed E-state index contributed by atoms with van der Waals surface area (Å²) in [4.78, 5) is 35.8. The third kappa shape index (κ3) is 5.23. The Morgan fingerprint density at radius 2 is 1.56 bits per heavy atom. The number of fused-ring (bicyclic) bond motifs is 1. The lowest BCUT2D eigenvalue weighted by molar-refractivity contribution is -0.142. The van der Waals surface area contributed by atoms with E-state index in [0.29, 0.717) is 26.2 Å². The zero-order chi connectivity index (χ0) is 25.1. The van der Waals surface area contributed by atoms with E-state index in [2.05, 4.69) is 39.8 Å². The van der Waals surface area contributed by atoms with Crippen molar-refractivity contribution >= 4 is 22.8 Å². The molecule has 2 aromatic carbocycles. The van der Waals surface area contributed by atoms with Gasteiger partial charge in [-0.25, -0.2) is 4.98 Å². The summed E-state index contributed by atoms with van der Waals surface area (Å²) in [6.45, 7) is 7.46. The van der Waals surface area contributed by atoms with Crippen LogP contribution < -0.4 is 4.74 Å². The Balaban J connectivity index is 1.23. The van der Waals surface area contributed by atoms with Crippen molar-refractivity contribution in [1.29, 1.82) is 0 Å². The Kier molecular flexibility index (Phi) is 7.23. The van der Waals surface area contributed by atoms with Crippen molar-refractivity contribution < 1.29 is 14.3 Å². The second kappa shape index (κ2) is 10.7. The van der Waals surface area contributed by atoms with Crippen LogP contribution in [0.1, 0.15) is 31.2 Å². The number of nitrogens with zero attached hydrogens (tertiary/aromatic N) is 5. The molecule has 0 radical (unpaired) electrons. The average Bonchev–Trinajstić information content (AvgIpc) is 3.25. The first-order valence-corrected chi connectivity index (χ1v) is 12.9. The summed E-state index contributed by atoms with van der Waals surface area (Å²) in [6, 6.07) is 16.5. The lowest BCUT2D eigenvalue weighted by Crippen LogP contribution is -2.52. The van der Waals surface area contributed by atoms with E-state index in [0.717, 1.165) is 61.6 Å². The molecule has 8 nitrogen and oxygen atoms in total. The monoisotopic (exact) mass is 489 g/mol. The van der Waals surface area contributed by atoms with Crippen molar-refractivity contribution in [3.8, 4) is 5.75 Å². The van der Waals surface area contributed by atoms with Gasteiger partial charge in [-0.05, 0) is 55.8 Å². The van der Waals surface area contributed by atoms with Gasteiger partial charge in [0.15, 0.2) is 0 Å². The van der Waals surface area contributed by atoms with Gasteiger partial charge in [0.2, 0.25) is 11.8 Å². The Morgan fingerprint density at radius 3 is 2.22 bits per heavy atom. The van der Waals surface area contributed by atoms with Crippen LogP contribution in [0, 0.1) is 5.92 Å². The normalized spacial score (nSPS) is 17.5. The molecule has 0 saturated carbocycles. The van der Waals surface area contributed by atoms with E-state index in [1.165, 1.54) is 5.56 Å². The quantitative estimate of drug-likeness (QED) is 0.532. The standard InChI is InChI=1S/C28H35N5O3/c1-21(34)31-15-17-32(18-16-31)28(35)23-11-13-30(14-12-23)20-27-29-25-5-3-4-6-26(25)33(27)19-22-7-9-24(36-2)10-8-22/h3-10,23H,11-20H2,1-2H3. The van der Waals surface area contributed by atoms with Gasteiger partial charge >= 0.3 is 0 Å². The number of ether oxygens (including phenoxy) is 1. The molecule has 0 unspecified atom stereocenters. The van der Waals surface area contributed by atoms with Crippen molar-refractivity contribution in [1.82, 2.24) is 24.3 Å². The SMILES string of the molecule is COc1ccc(Cn2c(CN3CCC(C(=O)N4CCN(C(C)=O)CC4)CC3)nc3ccccc32)cc1. The fourth-order valence-corrected chi connectivity index (χ4v) is 5.37. The molecule has 36 heavy (non-hydrogen) atoms. The summed E-state index contributed by atoms with van der Waals surface area (Å²) in [6.07, 6.45) is 1.73. The average molecular weight is 490 g/mol. The summed E-state index contributed by atoms with van der Waals surface area (Å²) in [5, 5.41) is 0. The summed E-state index contributed by atoms with van der Waals surface area (Å²) >= 11 is 0. The van der Waals surface area contributed by atoms with Crippen molar-refractivity contribution in [2.45, 2.75) is 32.9 Å². The van der Waals surface area contributed by atoms with Crippen molar-refractivity contribution in [2.24, 2.45) is 5.92 Å². The van der Waals surface area contributed by atoms with Gasteiger partial charge in [-0.2, -0.15) is 0 Å². The predicted molar refractivity (Wildman–Crippen MR) is 139 cm³/mol. The van der Waals surface area contributed by atoms with Crippen LogP contribution in [0.15, 0.2) is 48.5 Å². The van der Waals surface area contributed by atoms with Crippen LogP contribution >= 0.6 is 0 Å². The number of benzene rings is 2. The highest BCUT2D eigenvalue weighted by Gasteiger charge is 2.31. The molecule has 3 aromatic rings. The second-order valence-electron chi connectivity index (χ2n) is 9.83. The van der Waals surface area contributed by atoms with Crippen LogP contribution in [0.3, 0.4) is 0 Å². The Bertz CT molecular complexity index is 1210. The van der Waals surface area contributed by atoms with Gasteiger partial charge in [0.25, 0.3) is 0 Å². The first-order chi connectivity index (χ1) is 17.5. The third-order valence-corrected chi connectivity index (χ3v) is 7.57. The number of likely N-dealkylation sites (tertiary alicyclic amines) is 1. The molecular formula is C28H35N5O3. The summed E-state index contributed by atoms with van der Waals surface area (Å²) in [5.41, 5.74) is 3.35. The zero-order valence-electron chi connectivity index (χ0n) is 21.2. The van der Waals surface area contributed by atoms with E-state index in [1.807, 2.05) is 28.0 Å². The number of imidazole rings is 1. The molecule has 0 N–H and O–H groups in total. The minimum absolute atomic E-state index is 0.0724. The maximum Gasteiger partial charge on any atom is 0.225 e. The van der Waals surface area contributed by atoms with E-state index in [9.17, 15) is 9.59 Å². The Labute approximate surface area is 212 Å². The molecule has 5 rings (SSSR count). The number of carbonyl (C=O) groups is 2. The topological polar surface area (TPSA) is 70.9 Å². The van der Waals surface area contributed by atoms with E-state index in [4.69, 9.17) is 9.72 Å². The molecule has 2 fully saturated rings. The fraction of sp³-hybridized carbons (Fsp3) is 0.464. The number of amides is 2. The van der Waals surface area contributed by atoms with E-state index < -0.39 is 0 Å². The second-order valence-corrected chi connectivity index (χ2v) is 9.83. The summed E-state index contributed by atoms with van der Waals surface area (Å²) < 4.78 is 7.62. The number of hydrogen-bond donors (Lipinski definition) is 0. The van der Waals surface area contributed by atoms with Crippen LogP contribution in [-0.2, 0) is 22.7 Å². The van der Waals surface area contributed by atoms with E-state index >= 15 is 0 Å². The Hall–Kier alpha value is -3.39. The molecule has 2 aliphatic heterocycles. The lowest BCUT2D eigenvalue weighted by atomic mass is 9.95. The molecular weight excluding hydrogens is 454 g/mol. The largest absolute Gasteiger partial charge is 0.497 e. The maximum absolute atomic E-state index is 13.1. The molecule has 2 amide bonds. The van der Waals surface area contributed by atoms with E-state index in [-0.39, 0.29) is 17.7 Å². The molecule has 190 valence electrons. The predicted octanol–water partition coefficient (Wildman–Crippen LogP) is 3.00. The van der Waals surface area contributed by atoms with Gasteiger partial charge in [-0.1, -0.05) is 24.3 Å². The molecule has 2 aliphatic rings. The number of rotatable bonds is 6. The van der Waals surface area contributed by atoms with Gasteiger partial charge in [0.05, 0.1) is 24.7 Å². The van der Waals surface area contributed by atoms with Gasteiger partial charge in [0.1, 0.15) is 11.6 Å². The van der Waals surface area contributed by atoms with Crippen molar-refractivity contribution in [3.05, 3.63) is 59.9 Å². The number of methoxy groups -OCH3 is 1. The number of hydrogen-bond acceptors (Lipinski definition) is 5. The number of aromatic nitrogens is 2. The molecule has 8 heteroatoms. The molecule has 0 aliphatic carbocycles. The van der Waals surface area contributed by atoms with Crippen LogP contribution in [0.2, 0.25) is 0 Å². The molecule has 1 aromatic heterocycles. The minimum atomic E-state index is 0.0724. The highest BCUT2D eigenvalue weighted by atomic mass is 16.5. The van der Waals surface area contributed by atoms with Gasteiger partial charge in [-0.3, -0.25) is 14.5 Å². The first-order valence-electron chi connectivity index (χ1n) is 12.9. The third-order valence-electron chi connectivity index (χ3n) is 7.57. The maximum atomic E-state index is 13.1.